The van der Waals surface area contributed by atoms with Crippen LogP contribution in [0.1, 0.15) is 23.6 Å². The van der Waals surface area contributed by atoms with E-state index in [-0.39, 0.29) is 17.3 Å². The van der Waals surface area contributed by atoms with E-state index in [0.29, 0.717) is 29.0 Å². The summed E-state index contributed by atoms with van der Waals surface area (Å²) in [5.74, 6) is -0.00521. The van der Waals surface area contributed by atoms with Gasteiger partial charge in [-0.05, 0) is 37.6 Å². The Labute approximate surface area is 161 Å². The number of nitro groups is 1. The monoisotopic (exact) mass is 378 g/mol. The number of para-hydroxylation sites is 1. The van der Waals surface area contributed by atoms with Crippen LogP contribution in [-0.4, -0.2) is 23.4 Å². The van der Waals surface area contributed by atoms with Crippen molar-refractivity contribution in [3.8, 4) is 5.75 Å². The number of esters is 1. The second kappa shape index (κ2) is 7.87. The molecule has 3 rings (SSSR count). The number of benzene rings is 2. The number of rotatable bonds is 6. The Bertz CT molecular complexity index is 1040. The average molecular weight is 378 g/mol. The van der Waals surface area contributed by atoms with E-state index >= 15 is 0 Å². The van der Waals surface area contributed by atoms with Crippen LogP contribution in [0.25, 0.3) is 6.08 Å². The summed E-state index contributed by atoms with van der Waals surface area (Å²) in [5.41, 5.74) is 2.34. The smallest absolute Gasteiger partial charge is 0.363 e. The van der Waals surface area contributed by atoms with Gasteiger partial charge < -0.3 is 9.47 Å². The van der Waals surface area contributed by atoms with E-state index in [1.807, 2.05) is 19.1 Å². The molecule has 1 heterocycles. The van der Waals surface area contributed by atoms with Gasteiger partial charge in [0, 0.05) is 22.8 Å². The molecular formula is C21H18N2O5. The van der Waals surface area contributed by atoms with Crippen LogP contribution in [0.15, 0.2) is 65.3 Å². The molecule has 1 aliphatic rings. The van der Waals surface area contributed by atoms with Crippen molar-refractivity contribution in [2.75, 3.05) is 6.61 Å². The van der Waals surface area contributed by atoms with Crippen LogP contribution < -0.4 is 4.74 Å². The van der Waals surface area contributed by atoms with Crippen LogP contribution in [0.2, 0.25) is 0 Å². The molecular weight excluding hydrogens is 360 g/mol. The number of carbonyl (C=O) groups is 1. The second-order valence-electron chi connectivity index (χ2n) is 6.33. The maximum absolute atomic E-state index is 12.3. The standard InChI is InChI=1S/C21H18N2O5/c1-13(2)12-27-19-10-5-4-7-15(19)11-17-21(24)28-20(22-17)16-8-6-9-18(14(16)3)23(25)26/h4-11H,1,12H2,2-3H3/b17-11-. The first-order valence-electron chi connectivity index (χ1n) is 8.50. The van der Waals surface area contributed by atoms with Gasteiger partial charge in [-0.2, -0.15) is 0 Å². The molecule has 28 heavy (non-hydrogen) atoms. The number of nitrogens with zero attached hydrogens (tertiary/aromatic N) is 2. The minimum atomic E-state index is -0.629. The molecule has 2 aromatic rings. The fraction of sp³-hybridized carbons (Fsp3) is 0.143. The highest BCUT2D eigenvalue weighted by Crippen LogP contribution is 2.28. The quantitative estimate of drug-likeness (QED) is 0.247. The third-order valence-corrected chi connectivity index (χ3v) is 4.04. The molecule has 0 aliphatic carbocycles. The number of hydrogen-bond donors (Lipinski definition) is 0. The van der Waals surface area contributed by atoms with Crippen molar-refractivity contribution >= 4 is 23.6 Å². The predicted molar refractivity (Wildman–Crippen MR) is 105 cm³/mol. The van der Waals surface area contributed by atoms with Gasteiger partial charge in [-0.3, -0.25) is 10.1 Å². The summed E-state index contributed by atoms with van der Waals surface area (Å²) in [6.07, 6.45) is 1.57. The largest absolute Gasteiger partial charge is 0.489 e. The van der Waals surface area contributed by atoms with Gasteiger partial charge >= 0.3 is 5.97 Å². The second-order valence-corrected chi connectivity index (χ2v) is 6.33. The summed E-state index contributed by atoms with van der Waals surface area (Å²) in [6.45, 7) is 7.60. The number of cyclic esters (lactones) is 1. The maximum Gasteiger partial charge on any atom is 0.363 e. The molecule has 0 saturated heterocycles. The van der Waals surface area contributed by atoms with Gasteiger partial charge in [0.1, 0.15) is 12.4 Å². The summed E-state index contributed by atoms with van der Waals surface area (Å²) >= 11 is 0. The van der Waals surface area contributed by atoms with E-state index in [0.717, 1.165) is 5.57 Å². The van der Waals surface area contributed by atoms with E-state index in [1.54, 1.807) is 31.2 Å². The van der Waals surface area contributed by atoms with E-state index in [2.05, 4.69) is 11.6 Å². The fourth-order valence-electron chi connectivity index (χ4n) is 2.66. The van der Waals surface area contributed by atoms with E-state index in [1.165, 1.54) is 12.1 Å². The van der Waals surface area contributed by atoms with Crippen LogP contribution >= 0.6 is 0 Å². The highest BCUT2D eigenvalue weighted by Gasteiger charge is 2.27. The van der Waals surface area contributed by atoms with Crippen molar-refractivity contribution in [2.24, 2.45) is 4.99 Å². The summed E-state index contributed by atoms with van der Waals surface area (Å²) in [6, 6.07) is 11.8. The third-order valence-electron chi connectivity index (χ3n) is 4.04. The van der Waals surface area contributed by atoms with E-state index < -0.39 is 10.9 Å². The SMILES string of the molecule is C=C(C)COc1ccccc1/C=C1\N=C(c2cccc([N+](=O)[O-])c2C)OC1=O. The Balaban J connectivity index is 1.97. The van der Waals surface area contributed by atoms with Gasteiger partial charge in [0.25, 0.3) is 5.69 Å². The van der Waals surface area contributed by atoms with E-state index in [4.69, 9.17) is 9.47 Å². The van der Waals surface area contributed by atoms with Crippen molar-refractivity contribution in [1.29, 1.82) is 0 Å². The van der Waals surface area contributed by atoms with Gasteiger partial charge in [-0.15, -0.1) is 0 Å². The third kappa shape index (κ3) is 3.98. The summed E-state index contributed by atoms with van der Waals surface area (Å²) in [5, 5.41) is 11.1. The molecule has 0 aromatic heterocycles. The normalized spacial score (nSPS) is 14.6. The van der Waals surface area contributed by atoms with Gasteiger partial charge in [0.15, 0.2) is 5.70 Å². The number of aliphatic imine (C=N–C) groups is 1. The molecule has 0 atom stereocenters. The van der Waals surface area contributed by atoms with Crippen molar-refractivity contribution in [2.45, 2.75) is 13.8 Å². The molecule has 0 unspecified atom stereocenters. The molecule has 0 N–H and O–H groups in total. The summed E-state index contributed by atoms with van der Waals surface area (Å²) < 4.78 is 10.9. The van der Waals surface area contributed by atoms with Gasteiger partial charge in [0.05, 0.1) is 4.92 Å². The zero-order valence-electron chi connectivity index (χ0n) is 15.5. The fourth-order valence-corrected chi connectivity index (χ4v) is 2.66. The van der Waals surface area contributed by atoms with Gasteiger partial charge in [0.2, 0.25) is 5.90 Å². The number of carbonyl (C=O) groups excluding carboxylic acids is 1. The molecule has 0 bridgehead atoms. The molecule has 1 aliphatic heterocycles. The Hall–Kier alpha value is -3.74. The molecule has 7 heteroatoms. The number of ether oxygens (including phenoxy) is 2. The Kier molecular flexibility index (Phi) is 5.35. The molecule has 0 fully saturated rings. The summed E-state index contributed by atoms with van der Waals surface area (Å²) in [4.78, 5) is 27.2. The zero-order valence-corrected chi connectivity index (χ0v) is 15.5. The molecule has 0 saturated carbocycles. The molecule has 0 amide bonds. The minimum absolute atomic E-state index is 0.0396. The first-order chi connectivity index (χ1) is 13.4. The Morgan fingerprint density at radius 2 is 2.04 bits per heavy atom. The lowest BCUT2D eigenvalue weighted by Gasteiger charge is -2.08. The minimum Gasteiger partial charge on any atom is -0.489 e. The Morgan fingerprint density at radius 1 is 1.29 bits per heavy atom. The predicted octanol–water partition coefficient (Wildman–Crippen LogP) is 4.20. The van der Waals surface area contributed by atoms with Crippen molar-refractivity contribution in [3.05, 3.63) is 87.1 Å². The first kappa shape index (κ1) is 19.0. The average Bonchev–Trinajstić information content (AvgIpc) is 3.01. The molecule has 142 valence electrons. The highest BCUT2D eigenvalue weighted by atomic mass is 16.6. The first-order valence-corrected chi connectivity index (χ1v) is 8.50. The van der Waals surface area contributed by atoms with Gasteiger partial charge in [-0.1, -0.05) is 30.8 Å². The molecule has 2 aromatic carbocycles. The molecule has 7 nitrogen and oxygen atoms in total. The highest BCUT2D eigenvalue weighted by molar-refractivity contribution is 6.13. The van der Waals surface area contributed by atoms with Crippen LogP contribution in [0.3, 0.4) is 0 Å². The number of hydrogen-bond acceptors (Lipinski definition) is 6. The van der Waals surface area contributed by atoms with Crippen LogP contribution in [0, 0.1) is 17.0 Å². The lowest BCUT2D eigenvalue weighted by Crippen LogP contribution is -2.08. The van der Waals surface area contributed by atoms with E-state index in [9.17, 15) is 14.9 Å². The van der Waals surface area contributed by atoms with Gasteiger partial charge in [-0.25, -0.2) is 9.79 Å². The van der Waals surface area contributed by atoms with Crippen molar-refractivity contribution in [1.82, 2.24) is 0 Å². The lowest BCUT2D eigenvalue weighted by molar-refractivity contribution is -0.385. The van der Waals surface area contributed by atoms with Crippen LogP contribution in [0.4, 0.5) is 5.69 Å². The van der Waals surface area contributed by atoms with Crippen molar-refractivity contribution < 1.29 is 19.2 Å². The maximum atomic E-state index is 12.3. The molecule has 0 radical (unpaired) electrons. The van der Waals surface area contributed by atoms with Crippen LogP contribution in [-0.2, 0) is 9.53 Å². The van der Waals surface area contributed by atoms with Crippen LogP contribution in [0.5, 0.6) is 5.75 Å². The van der Waals surface area contributed by atoms with Crippen molar-refractivity contribution in [3.63, 3.8) is 0 Å². The molecule has 0 spiro atoms. The zero-order chi connectivity index (χ0) is 20.3. The lowest BCUT2D eigenvalue weighted by atomic mass is 10.1. The number of nitro benzene ring substituents is 1. The Morgan fingerprint density at radius 3 is 2.75 bits per heavy atom. The topological polar surface area (TPSA) is 91.0 Å². The summed E-state index contributed by atoms with van der Waals surface area (Å²) in [7, 11) is 0.